The van der Waals surface area contributed by atoms with Crippen LogP contribution in [0.15, 0.2) is 65.6 Å². The van der Waals surface area contributed by atoms with E-state index in [0.29, 0.717) is 6.61 Å². The van der Waals surface area contributed by atoms with Crippen LogP contribution in [0, 0.1) is 0 Å². The van der Waals surface area contributed by atoms with E-state index in [0.717, 1.165) is 36.5 Å². The van der Waals surface area contributed by atoms with Crippen LogP contribution < -0.4 is 9.47 Å². The largest absolute Gasteiger partial charge is 0.489 e. The summed E-state index contributed by atoms with van der Waals surface area (Å²) in [6.07, 6.45) is 3.10. The van der Waals surface area contributed by atoms with Crippen LogP contribution in [-0.2, 0) is 40.1 Å². The van der Waals surface area contributed by atoms with E-state index in [-0.39, 0.29) is 28.5 Å². The first-order valence-corrected chi connectivity index (χ1v) is 14.0. The average Bonchev–Trinajstić information content (AvgIpc) is 3.36. The van der Waals surface area contributed by atoms with Crippen LogP contribution in [-0.4, -0.2) is 25.6 Å². The number of carbonyl (C=O) groups is 1. The predicted molar refractivity (Wildman–Crippen MR) is 149 cm³/mol. The van der Waals surface area contributed by atoms with Crippen molar-refractivity contribution in [1.82, 2.24) is 0 Å². The van der Waals surface area contributed by atoms with Crippen molar-refractivity contribution in [3.63, 3.8) is 0 Å². The molecule has 1 atom stereocenters. The van der Waals surface area contributed by atoms with Crippen LogP contribution in [0.2, 0.25) is 0 Å². The van der Waals surface area contributed by atoms with Gasteiger partial charge in [0, 0.05) is 10.6 Å². The highest BCUT2D eigenvalue weighted by Gasteiger charge is 2.21. The molecule has 0 radical (unpaired) electrons. The van der Waals surface area contributed by atoms with E-state index in [2.05, 4.69) is 69.1 Å². The summed E-state index contributed by atoms with van der Waals surface area (Å²) < 4.78 is 16.5. The van der Waals surface area contributed by atoms with E-state index in [9.17, 15) is 4.79 Å². The highest BCUT2D eigenvalue weighted by Crippen LogP contribution is 2.41. The lowest BCUT2D eigenvalue weighted by molar-refractivity contribution is -0.142. The Morgan fingerprint density at radius 3 is 2.22 bits per heavy atom. The van der Waals surface area contributed by atoms with Gasteiger partial charge in [-0.25, -0.2) is 4.79 Å². The fraction of sp³-hybridized carbons (Fsp3) is 0.355. The molecule has 1 unspecified atom stereocenters. The van der Waals surface area contributed by atoms with Gasteiger partial charge in [0.05, 0.1) is 7.11 Å². The minimum Gasteiger partial charge on any atom is -0.489 e. The van der Waals surface area contributed by atoms with Crippen molar-refractivity contribution in [2.75, 3.05) is 13.7 Å². The van der Waals surface area contributed by atoms with E-state index in [1.807, 2.05) is 18.2 Å². The summed E-state index contributed by atoms with van der Waals surface area (Å²) in [5, 5.41) is 0. The lowest BCUT2D eigenvalue weighted by atomic mass is 9.87. The zero-order valence-electron chi connectivity index (χ0n) is 21.8. The second-order valence-electron chi connectivity index (χ2n) is 10.3. The fourth-order valence-electron chi connectivity index (χ4n) is 4.47. The summed E-state index contributed by atoms with van der Waals surface area (Å²) in [6.45, 7) is 7.17. The molecule has 0 aromatic heterocycles. The third-order valence-electron chi connectivity index (χ3n) is 6.57. The van der Waals surface area contributed by atoms with Gasteiger partial charge in [-0.05, 0) is 76.8 Å². The Bertz CT molecular complexity index is 1220. The Balaban J connectivity index is 1.36. The molecule has 1 aliphatic carbocycles. The molecule has 0 saturated carbocycles. The molecule has 0 saturated heterocycles. The number of benzene rings is 3. The van der Waals surface area contributed by atoms with Gasteiger partial charge in [0.2, 0.25) is 0 Å². The van der Waals surface area contributed by atoms with Gasteiger partial charge < -0.3 is 14.2 Å². The Morgan fingerprint density at radius 2 is 1.56 bits per heavy atom. The number of hydrogen-bond acceptors (Lipinski definition) is 4. The normalized spacial score (nSPS) is 13.7. The van der Waals surface area contributed by atoms with Crippen LogP contribution in [0.5, 0.6) is 11.5 Å². The summed E-state index contributed by atoms with van der Waals surface area (Å²) >= 11 is 0. The van der Waals surface area contributed by atoms with Crippen molar-refractivity contribution in [1.29, 1.82) is 0 Å². The molecule has 190 valence electrons. The quantitative estimate of drug-likeness (QED) is 0.236. The molecule has 0 fully saturated rings. The minimum atomic E-state index is -0.367. The van der Waals surface area contributed by atoms with Gasteiger partial charge in [-0.15, -0.1) is 0 Å². The third kappa shape index (κ3) is 6.38. The molecule has 3 aromatic rings. The smallest absolute Gasteiger partial charge is 0.343 e. The zero-order chi connectivity index (χ0) is 25.7. The summed E-state index contributed by atoms with van der Waals surface area (Å²) in [5.41, 5.74) is 6.45. The molecule has 0 bridgehead atoms. The summed E-state index contributed by atoms with van der Waals surface area (Å²) in [6, 6.07) is 21.1. The van der Waals surface area contributed by atoms with Gasteiger partial charge in [-0.1, -0.05) is 63.0 Å². The molecule has 36 heavy (non-hydrogen) atoms. The molecule has 0 amide bonds. The molecule has 0 N–H and O–H groups in total. The maximum atomic E-state index is 11.5. The van der Waals surface area contributed by atoms with Crippen molar-refractivity contribution >= 4 is 22.3 Å². The van der Waals surface area contributed by atoms with Gasteiger partial charge >= 0.3 is 5.97 Å². The maximum absolute atomic E-state index is 11.5. The highest BCUT2D eigenvalue weighted by atomic mass is 32.2. The Morgan fingerprint density at radius 1 is 0.889 bits per heavy atom. The first-order valence-electron chi connectivity index (χ1n) is 12.4. The van der Waals surface area contributed by atoms with Gasteiger partial charge in [-0.3, -0.25) is 0 Å². The van der Waals surface area contributed by atoms with Crippen molar-refractivity contribution in [3.05, 3.63) is 88.5 Å². The number of ether oxygens (including phenoxy) is 3. The van der Waals surface area contributed by atoms with Gasteiger partial charge in [0.15, 0.2) is 6.61 Å². The molecule has 4 nitrogen and oxygen atoms in total. The van der Waals surface area contributed by atoms with Crippen molar-refractivity contribution in [2.24, 2.45) is 0 Å². The van der Waals surface area contributed by atoms with Crippen LogP contribution >= 0.6 is 10.5 Å². The number of rotatable bonds is 9. The first-order chi connectivity index (χ1) is 17.2. The number of hydrogen-bond donors (Lipinski definition) is 0. The third-order valence-corrected chi connectivity index (χ3v) is 8.26. The molecular weight excluding hydrogens is 468 g/mol. The summed E-state index contributed by atoms with van der Waals surface area (Å²) in [4.78, 5) is 12.8. The second-order valence-corrected chi connectivity index (χ2v) is 12.0. The molecular formula is C31H36O4S. The average molecular weight is 505 g/mol. The second kappa shape index (κ2) is 11.3. The number of fused-ring (bicyclic) bond motifs is 1. The van der Waals surface area contributed by atoms with Crippen LogP contribution in [0.25, 0.3) is 0 Å². The topological polar surface area (TPSA) is 44.8 Å². The van der Waals surface area contributed by atoms with Crippen molar-refractivity contribution in [2.45, 2.75) is 62.7 Å². The predicted octanol–water partition coefficient (Wildman–Crippen LogP) is 6.86. The van der Waals surface area contributed by atoms with Crippen molar-refractivity contribution < 1.29 is 19.0 Å². The van der Waals surface area contributed by atoms with Crippen LogP contribution in [0.4, 0.5) is 0 Å². The Kier molecular flexibility index (Phi) is 8.20. The molecule has 0 spiro atoms. The zero-order valence-corrected chi connectivity index (χ0v) is 22.6. The molecule has 1 aliphatic rings. The van der Waals surface area contributed by atoms with E-state index in [4.69, 9.17) is 14.2 Å². The minimum absolute atomic E-state index is 0.0605. The molecule has 0 heterocycles. The summed E-state index contributed by atoms with van der Waals surface area (Å²) in [5.74, 6) is 6.68. The van der Waals surface area contributed by atoms with E-state index in [1.54, 1.807) is 0 Å². The SMILES string of the molecule is C=S(Cc1ccc(OCc2ccc(C(C)(C)C)cc2)cc1)c1ccc(OCC(=O)OC)c2c1CCC2. The van der Waals surface area contributed by atoms with Crippen LogP contribution in [0.3, 0.4) is 0 Å². The Hall–Kier alpha value is -3.05. The maximum Gasteiger partial charge on any atom is 0.343 e. The highest BCUT2D eigenvalue weighted by molar-refractivity contribution is 8.13. The monoisotopic (exact) mass is 504 g/mol. The molecule has 3 aromatic carbocycles. The fourth-order valence-corrected chi connectivity index (χ4v) is 6.05. The van der Waals surface area contributed by atoms with E-state index < -0.39 is 0 Å². The molecule has 4 rings (SSSR count). The number of methoxy groups -OCH3 is 1. The van der Waals surface area contributed by atoms with Crippen molar-refractivity contribution in [3.8, 4) is 11.5 Å². The number of esters is 1. The van der Waals surface area contributed by atoms with E-state index in [1.165, 1.54) is 39.8 Å². The van der Waals surface area contributed by atoms with Gasteiger partial charge in [0.25, 0.3) is 0 Å². The Labute approximate surface area is 217 Å². The standard InChI is InChI=1S/C31H36O4S/c1-31(2,3)24-13-9-22(10-14-24)19-34-25-15-11-23(12-16-25)21-36(5)29-18-17-28(35-20-30(32)33-4)26-7-6-8-27(26)29/h9-18H,5-8,19-21H2,1-4H3. The summed E-state index contributed by atoms with van der Waals surface area (Å²) in [7, 11) is 1.20. The molecule has 0 aliphatic heterocycles. The van der Waals surface area contributed by atoms with E-state index >= 15 is 0 Å². The number of carbonyl (C=O) groups excluding carboxylic acids is 1. The molecule has 5 heteroatoms. The van der Waals surface area contributed by atoms with Gasteiger partial charge in [0.1, 0.15) is 18.1 Å². The lowest BCUT2D eigenvalue weighted by Gasteiger charge is -2.19. The van der Waals surface area contributed by atoms with Crippen LogP contribution in [0.1, 0.15) is 55.0 Å². The van der Waals surface area contributed by atoms with Gasteiger partial charge in [-0.2, -0.15) is 10.5 Å². The first kappa shape index (κ1) is 26.0. The lowest BCUT2D eigenvalue weighted by Crippen LogP contribution is -2.13.